The molecule has 22 heavy (non-hydrogen) atoms. The van der Waals surface area contributed by atoms with Gasteiger partial charge in [-0.15, -0.1) is 0 Å². The zero-order valence-corrected chi connectivity index (χ0v) is 13.4. The molecule has 6 heteroatoms. The molecule has 5 nitrogen and oxygen atoms in total. The van der Waals surface area contributed by atoms with E-state index >= 15 is 0 Å². The van der Waals surface area contributed by atoms with Crippen LogP contribution in [0.1, 0.15) is 29.1 Å². The Kier molecular flexibility index (Phi) is 3.90. The molecular weight excluding hydrogens is 348 g/mol. The van der Waals surface area contributed by atoms with Crippen LogP contribution in [0, 0.1) is 0 Å². The second-order valence-corrected chi connectivity index (χ2v) is 5.98. The summed E-state index contributed by atoms with van der Waals surface area (Å²) in [4.78, 5) is 14.5. The van der Waals surface area contributed by atoms with Crippen molar-refractivity contribution in [3.8, 4) is 0 Å². The summed E-state index contributed by atoms with van der Waals surface area (Å²) in [5, 5.41) is 24.1. The van der Waals surface area contributed by atoms with Crippen LogP contribution in [0.2, 0.25) is 0 Å². The van der Waals surface area contributed by atoms with Crippen LogP contribution >= 0.6 is 15.9 Å². The third kappa shape index (κ3) is 2.49. The number of hydrogen-bond acceptors (Lipinski definition) is 3. The van der Waals surface area contributed by atoms with Crippen molar-refractivity contribution in [3.63, 3.8) is 0 Å². The van der Waals surface area contributed by atoms with E-state index in [1.807, 2.05) is 19.1 Å². The van der Waals surface area contributed by atoms with E-state index in [9.17, 15) is 15.0 Å². The van der Waals surface area contributed by atoms with E-state index < -0.39 is 12.2 Å². The second-order valence-electron chi connectivity index (χ2n) is 5.07. The number of aliphatic hydroxyl groups excluding tert-OH is 1. The van der Waals surface area contributed by atoms with E-state index in [2.05, 4.69) is 26.2 Å². The molecule has 3 aromatic rings. The fourth-order valence-electron chi connectivity index (χ4n) is 2.68. The van der Waals surface area contributed by atoms with E-state index in [0.717, 1.165) is 26.3 Å². The minimum Gasteiger partial charge on any atom is -0.478 e. The van der Waals surface area contributed by atoms with Gasteiger partial charge in [0.2, 0.25) is 0 Å². The van der Waals surface area contributed by atoms with Gasteiger partial charge in [0.05, 0.1) is 5.56 Å². The lowest BCUT2D eigenvalue weighted by Crippen LogP contribution is -2.20. The van der Waals surface area contributed by atoms with Gasteiger partial charge >= 0.3 is 5.97 Å². The molecule has 0 aliphatic rings. The summed E-state index contributed by atoms with van der Waals surface area (Å²) in [5.74, 6) is -0.970. The minimum atomic E-state index is -0.970. The largest absolute Gasteiger partial charge is 0.478 e. The zero-order chi connectivity index (χ0) is 15.9. The van der Waals surface area contributed by atoms with Gasteiger partial charge in [0.1, 0.15) is 6.23 Å². The Morgan fingerprint density at radius 2 is 2.09 bits per heavy atom. The number of carboxylic acid groups (broad SMARTS) is 1. The van der Waals surface area contributed by atoms with Gasteiger partial charge in [0.15, 0.2) is 0 Å². The summed E-state index contributed by atoms with van der Waals surface area (Å²) in [6, 6.07) is 8.70. The predicted molar refractivity (Wildman–Crippen MR) is 89.1 cm³/mol. The number of fused-ring (bicyclic) bond motifs is 3. The summed E-state index contributed by atoms with van der Waals surface area (Å²) in [6.45, 7) is 2.54. The highest BCUT2D eigenvalue weighted by Crippen LogP contribution is 2.34. The number of halogens is 1. The number of aliphatic hydroxyl groups is 1. The van der Waals surface area contributed by atoms with Crippen molar-refractivity contribution in [1.82, 2.24) is 10.3 Å². The smallest absolute Gasteiger partial charge is 0.335 e. The van der Waals surface area contributed by atoms with E-state index in [4.69, 9.17) is 0 Å². The van der Waals surface area contributed by atoms with E-state index in [1.54, 1.807) is 18.2 Å². The van der Waals surface area contributed by atoms with Gasteiger partial charge in [-0.3, -0.25) is 5.32 Å². The third-order valence-electron chi connectivity index (χ3n) is 3.63. The average molecular weight is 363 g/mol. The molecule has 2 aromatic carbocycles. The molecule has 114 valence electrons. The molecule has 0 bridgehead atoms. The number of aromatic carboxylic acids is 1. The lowest BCUT2D eigenvalue weighted by atomic mass is 10.0. The summed E-state index contributed by atoms with van der Waals surface area (Å²) >= 11 is 3.44. The standard InChI is InChI=1S/C16H15BrN2O3/c1-2-18-15(20)11-6-9(17)7-13-14(11)10-5-8(16(21)22)3-4-12(10)19-13/h3-7,15,18-20H,2H2,1H3,(H,21,22). The first-order valence-electron chi connectivity index (χ1n) is 6.91. The fraction of sp³-hybridized carbons (Fsp3) is 0.188. The maximum Gasteiger partial charge on any atom is 0.335 e. The predicted octanol–water partition coefficient (Wildman–Crippen LogP) is 3.38. The summed E-state index contributed by atoms with van der Waals surface area (Å²) < 4.78 is 0.844. The zero-order valence-electron chi connectivity index (χ0n) is 11.9. The maximum absolute atomic E-state index is 11.2. The molecule has 1 aromatic heterocycles. The van der Waals surface area contributed by atoms with Crippen LogP contribution < -0.4 is 5.32 Å². The molecule has 0 aliphatic heterocycles. The Balaban J connectivity index is 2.35. The van der Waals surface area contributed by atoms with E-state index in [0.29, 0.717) is 12.1 Å². The molecule has 0 radical (unpaired) electrons. The van der Waals surface area contributed by atoms with Crippen LogP contribution in [0.15, 0.2) is 34.8 Å². The molecule has 4 N–H and O–H groups in total. The molecule has 0 amide bonds. The highest BCUT2D eigenvalue weighted by Gasteiger charge is 2.17. The number of carboxylic acids is 1. The number of aromatic amines is 1. The Morgan fingerprint density at radius 3 is 2.77 bits per heavy atom. The number of nitrogens with one attached hydrogen (secondary N) is 2. The van der Waals surface area contributed by atoms with Crippen molar-refractivity contribution in [1.29, 1.82) is 0 Å². The first kappa shape index (κ1) is 15.0. The number of benzene rings is 2. The molecule has 0 saturated heterocycles. The lowest BCUT2D eigenvalue weighted by Gasteiger charge is -2.14. The van der Waals surface area contributed by atoms with Crippen molar-refractivity contribution in [3.05, 3.63) is 45.9 Å². The van der Waals surface area contributed by atoms with Gasteiger partial charge in [-0.1, -0.05) is 22.9 Å². The van der Waals surface area contributed by atoms with Gasteiger partial charge in [-0.2, -0.15) is 0 Å². The second kappa shape index (κ2) is 5.72. The quantitative estimate of drug-likeness (QED) is 0.536. The number of aromatic nitrogens is 1. The number of carbonyl (C=O) groups is 1. The molecule has 0 fully saturated rings. The molecule has 3 rings (SSSR count). The van der Waals surface area contributed by atoms with E-state index in [-0.39, 0.29) is 5.56 Å². The Morgan fingerprint density at radius 1 is 1.32 bits per heavy atom. The number of H-pyrrole nitrogens is 1. The summed E-state index contributed by atoms with van der Waals surface area (Å²) in [5.41, 5.74) is 2.61. The molecule has 1 atom stereocenters. The van der Waals surface area contributed by atoms with Gasteiger partial charge in [-0.25, -0.2) is 4.79 Å². The van der Waals surface area contributed by atoms with Crippen LogP contribution in [0.5, 0.6) is 0 Å². The van der Waals surface area contributed by atoms with Gasteiger partial charge in [-0.05, 0) is 36.9 Å². The summed E-state index contributed by atoms with van der Waals surface area (Å²) in [7, 11) is 0. The van der Waals surface area contributed by atoms with Crippen LogP contribution in [-0.4, -0.2) is 27.7 Å². The highest BCUT2D eigenvalue weighted by molar-refractivity contribution is 9.10. The average Bonchev–Trinajstić information content (AvgIpc) is 2.83. The van der Waals surface area contributed by atoms with E-state index in [1.165, 1.54) is 0 Å². The molecule has 0 aliphatic carbocycles. The number of rotatable bonds is 4. The fourth-order valence-corrected chi connectivity index (χ4v) is 3.16. The molecule has 0 saturated carbocycles. The number of hydrogen-bond donors (Lipinski definition) is 4. The minimum absolute atomic E-state index is 0.222. The van der Waals surface area contributed by atoms with Crippen molar-refractivity contribution in [2.24, 2.45) is 0 Å². The molecule has 1 heterocycles. The Bertz CT molecular complexity index is 873. The van der Waals surface area contributed by atoms with Gasteiger partial charge in [0, 0.05) is 31.8 Å². The maximum atomic E-state index is 11.2. The van der Waals surface area contributed by atoms with Gasteiger partial charge < -0.3 is 15.2 Å². The SMILES string of the molecule is CCNC(O)c1cc(Br)cc2[nH]c3ccc(C(=O)O)cc3c12. The first-order chi connectivity index (χ1) is 10.5. The van der Waals surface area contributed by atoms with Crippen molar-refractivity contribution < 1.29 is 15.0 Å². The monoisotopic (exact) mass is 362 g/mol. The van der Waals surface area contributed by atoms with Gasteiger partial charge in [0.25, 0.3) is 0 Å². The molecule has 0 spiro atoms. The normalized spacial score (nSPS) is 12.9. The van der Waals surface area contributed by atoms with Crippen LogP contribution in [0.3, 0.4) is 0 Å². The Labute approximate surface area is 135 Å². The van der Waals surface area contributed by atoms with Crippen LogP contribution in [0.25, 0.3) is 21.8 Å². The van der Waals surface area contributed by atoms with Crippen LogP contribution in [-0.2, 0) is 0 Å². The molecule has 1 unspecified atom stereocenters. The topological polar surface area (TPSA) is 85.4 Å². The summed E-state index contributed by atoms with van der Waals surface area (Å²) in [6.07, 6.45) is -0.822. The van der Waals surface area contributed by atoms with Crippen LogP contribution in [0.4, 0.5) is 0 Å². The Hall–Kier alpha value is -1.89. The van der Waals surface area contributed by atoms with Crippen molar-refractivity contribution in [2.75, 3.05) is 6.54 Å². The third-order valence-corrected chi connectivity index (χ3v) is 4.09. The highest BCUT2D eigenvalue weighted by atomic mass is 79.9. The van der Waals surface area contributed by atoms with Crippen molar-refractivity contribution >= 4 is 43.7 Å². The molecular formula is C16H15BrN2O3. The first-order valence-corrected chi connectivity index (χ1v) is 7.70. The lowest BCUT2D eigenvalue weighted by molar-refractivity contribution is 0.0697. The van der Waals surface area contributed by atoms with Crippen molar-refractivity contribution in [2.45, 2.75) is 13.2 Å².